The zero-order valence-electron chi connectivity index (χ0n) is 16.5. The van der Waals surface area contributed by atoms with Crippen LogP contribution in [0.2, 0.25) is 0 Å². The molecule has 0 radical (unpaired) electrons. The maximum atomic E-state index is 12.8. The molecule has 0 aromatic heterocycles. The van der Waals surface area contributed by atoms with Crippen molar-refractivity contribution in [2.24, 2.45) is 0 Å². The number of rotatable bonds is 6. The SMILES string of the molecule is C/C=C(/C=C/C(=O)N1C(=O)OCC1c1ccccc1)C(=C/C(C)O)\C1OCCO1. The molecular weight excluding hydrogens is 374 g/mol. The second-order valence-corrected chi connectivity index (χ2v) is 6.73. The van der Waals surface area contributed by atoms with Crippen molar-refractivity contribution in [3.8, 4) is 0 Å². The van der Waals surface area contributed by atoms with E-state index in [0.29, 0.717) is 24.4 Å². The van der Waals surface area contributed by atoms with Crippen LogP contribution in [-0.4, -0.2) is 54.2 Å². The number of carbonyl (C=O) groups excluding carboxylic acids is 2. The third-order valence-corrected chi connectivity index (χ3v) is 4.64. The largest absolute Gasteiger partial charge is 0.446 e. The van der Waals surface area contributed by atoms with Gasteiger partial charge in [0.15, 0.2) is 6.29 Å². The summed E-state index contributed by atoms with van der Waals surface area (Å²) in [6, 6.07) is 8.81. The second kappa shape index (κ2) is 9.65. The van der Waals surface area contributed by atoms with E-state index in [4.69, 9.17) is 14.2 Å². The summed E-state index contributed by atoms with van der Waals surface area (Å²) in [4.78, 5) is 26.1. The third-order valence-electron chi connectivity index (χ3n) is 4.64. The summed E-state index contributed by atoms with van der Waals surface area (Å²) in [7, 11) is 0. The van der Waals surface area contributed by atoms with Crippen molar-refractivity contribution in [3.63, 3.8) is 0 Å². The first-order valence-electron chi connectivity index (χ1n) is 9.54. The molecule has 0 bridgehead atoms. The number of imide groups is 1. The van der Waals surface area contributed by atoms with Crippen LogP contribution in [0.15, 0.2) is 65.8 Å². The maximum absolute atomic E-state index is 12.8. The second-order valence-electron chi connectivity index (χ2n) is 6.73. The summed E-state index contributed by atoms with van der Waals surface area (Å²) >= 11 is 0. The molecule has 7 nitrogen and oxygen atoms in total. The van der Waals surface area contributed by atoms with E-state index in [0.717, 1.165) is 10.5 Å². The highest BCUT2D eigenvalue weighted by Gasteiger charge is 2.37. The van der Waals surface area contributed by atoms with Crippen LogP contribution in [0, 0.1) is 0 Å². The van der Waals surface area contributed by atoms with Crippen molar-refractivity contribution in [2.45, 2.75) is 32.3 Å². The molecule has 2 unspecified atom stereocenters. The summed E-state index contributed by atoms with van der Waals surface area (Å²) in [5, 5.41) is 9.80. The summed E-state index contributed by atoms with van der Waals surface area (Å²) in [6.45, 7) is 4.48. The molecule has 1 aromatic rings. The normalized spacial score (nSPS) is 22.4. The first kappa shape index (κ1) is 21.0. The molecule has 3 rings (SSSR count). The van der Waals surface area contributed by atoms with Crippen molar-refractivity contribution >= 4 is 12.0 Å². The average molecular weight is 399 g/mol. The van der Waals surface area contributed by atoms with Gasteiger partial charge in [0.05, 0.1) is 19.3 Å². The molecule has 2 aliphatic heterocycles. The number of amides is 2. The minimum absolute atomic E-state index is 0.121. The summed E-state index contributed by atoms with van der Waals surface area (Å²) in [6.07, 6.45) is 4.34. The van der Waals surface area contributed by atoms with E-state index in [9.17, 15) is 14.7 Å². The number of aliphatic hydroxyl groups is 1. The van der Waals surface area contributed by atoms with Gasteiger partial charge in [-0.1, -0.05) is 36.4 Å². The van der Waals surface area contributed by atoms with E-state index in [1.54, 1.807) is 25.2 Å². The van der Waals surface area contributed by atoms with Gasteiger partial charge in [0.1, 0.15) is 12.6 Å². The molecule has 1 aromatic carbocycles. The molecule has 2 saturated heterocycles. The van der Waals surface area contributed by atoms with E-state index >= 15 is 0 Å². The highest BCUT2D eigenvalue weighted by atomic mass is 16.7. The molecule has 29 heavy (non-hydrogen) atoms. The number of nitrogens with zero attached hydrogens (tertiary/aromatic N) is 1. The summed E-state index contributed by atoms with van der Waals surface area (Å²) in [5.41, 5.74) is 2.12. The molecule has 7 heteroatoms. The van der Waals surface area contributed by atoms with Gasteiger partial charge in [-0.25, -0.2) is 9.69 Å². The Labute approximate surface area is 169 Å². The van der Waals surface area contributed by atoms with Crippen molar-refractivity contribution in [1.82, 2.24) is 4.90 Å². The third kappa shape index (κ3) is 5.00. The van der Waals surface area contributed by atoms with Crippen LogP contribution >= 0.6 is 0 Å². The van der Waals surface area contributed by atoms with Crippen LogP contribution < -0.4 is 0 Å². The molecule has 2 atom stereocenters. The van der Waals surface area contributed by atoms with Gasteiger partial charge < -0.3 is 19.3 Å². The lowest BCUT2D eigenvalue weighted by atomic mass is 10.0. The van der Waals surface area contributed by atoms with Gasteiger partial charge in [-0.05, 0) is 37.1 Å². The predicted molar refractivity (Wildman–Crippen MR) is 106 cm³/mol. The summed E-state index contributed by atoms with van der Waals surface area (Å²) in [5.74, 6) is -0.481. The van der Waals surface area contributed by atoms with Gasteiger partial charge in [-0.15, -0.1) is 0 Å². The van der Waals surface area contributed by atoms with E-state index in [1.807, 2.05) is 37.3 Å². The summed E-state index contributed by atoms with van der Waals surface area (Å²) < 4.78 is 16.2. The molecule has 1 N–H and O–H groups in total. The number of aliphatic hydroxyl groups excluding tert-OH is 1. The molecule has 2 heterocycles. The number of carbonyl (C=O) groups is 2. The molecule has 154 valence electrons. The predicted octanol–water partition coefficient (Wildman–Crippen LogP) is 2.89. The topological polar surface area (TPSA) is 85.3 Å². The first-order chi connectivity index (χ1) is 14.0. The lowest BCUT2D eigenvalue weighted by Crippen LogP contribution is -2.32. The lowest BCUT2D eigenvalue weighted by molar-refractivity contribution is -0.124. The van der Waals surface area contributed by atoms with Crippen molar-refractivity contribution < 1.29 is 28.9 Å². The molecule has 0 saturated carbocycles. The Morgan fingerprint density at radius 1 is 1.21 bits per heavy atom. The fourth-order valence-electron chi connectivity index (χ4n) is 3.29. The fourth-order valence-corrected chi connectivity index (χ4v) is 3.29. The van der Waals surface area contributed by atoms with Gasteiger partial charge in [0, 0.05) is 11.6 Å². The average Bonchev–Trinajstić information content (AvgIpc) is 3.37. The molecular formula is C22H25NO6. The van der Waals surface area contributed by atoms with E-state index < -0.39 is 30.4 Å². The van der Waals surface area contributed by atoms with Crippen molar-refractivity contribution in [3.05, 3.63) is 71.3 Å². The molecule has 2 amide bonds. The fraction of sp³-hybridized carbons (Fsp3) is 0.364. The Morgan fingerprint density at radius 3 is 2.52 bits per heavy atom. The Hall–Kier alpha value is -2.74. The number of benzene rings is 1. The number of hydrogen-bond acceptors (Lipinski definition) is 6. The van der Waals surface area contributed by atoms with E-state index in [-0.39, 0.29) is 6.61 Å². The zero-order chi connectivity index (χ0) is 20.8. The van der Waals surface area contributed by atoms with Gasteiger partial charge >= 0.3 is 6.09 Å². The lowest BCUT2D eigenvalue weighted by Gasteiger charge is -2.19. The Morgan fingerprint density at radius 2 is 1.90 bits per heavy atom. The smallest absolute Gasteiger partial charge is 0.417 e. The highest BCUT2D eigenvalue weighted by Crippen LogP contribution is 2.28. The van der Waals surface area contributed by atoms with E-state index in [2.05, 4.69) is 0 Å². The van der Waals surface area contributed by atoms with Crippen LogP contribution in [0.4, 0.5) is 4.79 Å². The number of cyclic esters (lactones) is 1. The van der Waals surface area contributed by atoms with E-state index in [1.165, 1.54) is 6.08 Å². The standard InChI is InChI=1S/C22H25NO6/c1-3-16(18(13-15(2)24)21-27-11-12-28-21)9-10-20(25)23-19(14-29-22(23)26)17-7-5-4-6-8-17/h3-10,13,15,19,21,24H,11-12,14H2,1-2H3/b10-9+,16-3-,18-13+. The van der Waals surface area contributed by atoms with Crippen LogP contribution in [0.5, 0.6) is 0 Å². The quantitative estimate of drug-likeness (QED) is 0.585. The van der Waals surface area contributed by atoms with Crippen LogP contribution in [0.3, 0.4) is 0 Å². The maximum Gasteiger partial charge on any atom is 0.417 e. The molecule has 0 aliphatic carbocycles. The Bertz CT molecular complexity index is 821. The van der Waals surface area contributed by atoms with Crippen molar-refractivity contribution in [2.75, 3.05) is 19.8 Å². The molecule has 2 fully saturated rings. The Kier molecular flexibility index (Phi) is 6.98. The van der Waals surface area contributed by atoms with Crippen LogP contribution in [-0.2, 0) is 19.0 Å². The number of allylic oxidation sites excluding steroid dienone is 2. The van der Waals surface area contributed by atoms with Crippen LogP contribution in [0.25, 0.3) is 0 Å². The first-order valence-corrected chi connectivity index (χ1v) is 9.54. The van der Waals surface area contributed by atoms with Gasteiger partial charge in [0.25, 0.3) is 5.91 Å². The van der Waals surface area contributed by atoms with Crippen LogP contribution in [0.1, 0.15) is 25.5 Å². The van der Waals surface area contributed by atoms with Crippen molar-refractivity contribution in [1.29, 1.82) is 0 Å². The highest BCUT2D eigenvalue weighted by molar-refractivity contribution is 6.00. The zero-order valence-corrected chi connectivity index (χ0v) is 16.5. The Balaban J connectivity index is 1.80. The minimum atomic E-state index is -0.715. The molecule has 2 aliphatic rings. The van der Waals surface area contributed by atoms with Gasteiger partial charge in [-0.2, -0.15) is 0 Å². The monoisotopic (exact) mass is 399 g/mol. The number of hydrogen-bond donors (Lipinski definition) is 1. The van der Waals surface area contributed by atoms with Gasteiger partial charge in [0.2, 0.25) is 0 Å². The minimum Gasteiger partial charge on any atom is -0.446 e. The number of ether oxygens (including phenoxy) is 3. The molecule has 0 spiro atoms. The van der Waals surface area contributed by atoms with Gasteiger partial charge in [-0.3, -0.25) is 4.79 Å².